The molecule has 0 aliphatic heterocycles. The van der Waals surface area contributed by atoms with Crippen molar-refractivity contribution < 1.29 is 4.52 Å². The second kappa shape index (κ2) is 5.63. The molecule has 0 radical (unpaired) electrons. The Balaban J connectivity index is 1.75. The average Bonchev–Trinajstić information content (AvgIpc) is 3.10. The monoisotopic (exact) mass is 321 g/mol. The molecule has 0 atom stereocenters. The Bertz CT molecular complexity index is 1030. The number of aryl methyl sites for hydroxylation is 4. The summed E-state index contributed by atoms with van der Waals surface area (Å²) in [6.07, 6.45) is 3.51. The highest BCUT2D eigenvalue weighted by atomic mass is 16.5. The molecule has 0 saturated heterocycles. The Morgan fingerprint density at radius 1 is 1.17 bits per heavy atom. The minimum absolute atomic E-state index is 0.123. The SMILES string of the molecule is Cc1ccc2c3ccnc(C)c3n(CCCc3noc(N)n3)c2c1. The zero-order valence-electron chi connectivity index (χ0n) is 13.8. The molecule has 3 aromatic heterocycles. The lowest BCUT2D eigenvalue weighted by Gasteiger charge is -2.08. The molecule has 0 aliphatic carbocycles. The van der Waals surface area contributed by atoms with E-state index in [1.54, 1.807) is 0 Å². The zero-order valence-corrected chi connectivity index (χ0v) is 13.8. The quantitative estimate of drug-likeness (QED) is 0.623. The van der Waals surface area contributed by atoms with Gasteiger partial charge in [0, 0.05) is 35.5 Å². The van der Waals surface area contributed by atoms with E-state index in [1.165, 1.54) is 27.4 Å². The van der Waals surface area contributed by atoms with Gasteiger partial charge in [-0.1, -0.05) is 17.3 Å². The summed E-state index contributed by atoms with van der Waals surface area (Å²) < 4.78 is 7.18. The van der Waals surface area contributed by atoms with Crippen LogP contribution in [0.4, 0.5) is 6.01 Å². The van der Waals surface area contributed by atoms with E-state index in [2.05, 4.69) is 57.8 Å². The zero-order chi connectivity index (χ0) is 16.7. The Morgan fingerprint density at radius 3 is 2.83 bits per heavy atom. The molecule has 0 unspecified atom stereocenters. The Morgan fingerprint density at radius 2 is 2.04 bits per heavy atom. The number of pyridine rings is 1. The molecule has 122 valence electrons. The summed E-state index contributed by atoms with van der Waals surface area (Å²) in [6, 6.07) is 8.81. The van der Waals surface area contributed by atoms with Crippen molar-refractivity contribution in [2.45, 2.75) is 33.2 Å². The third kappa shape index (κ3) is 2.40. The largest absolute Gasteiger partial charge is 0.351 e. The van der Waals surface area contributed by atoms with Gasteiger partial charge in [0.15, 0.2) is 5.82 Å². The van der Waals surface area contributed by atoms with Crippen LogP contribution in [-0.2, 0) is 13.0 Å². The van der Waals surface area contributed by atoms with Gasteiger partial charge >= 0.3 is 6.01 Å². The fourth-order valence-electron chi connectivity index (χ4n) is 3.33. The predicted octanol–water partition coefficient (Wildman–Crippen LogP) is 3.40. The minimum Gasteiger partial charge on any atom is -0.351 e. The normalized spacial score (nSPS) is 11.6. The van der Waals surface area contributed by atoms with Crippen molar-refractivity contribution in [1.29, 1.82) is 0 Å². The van der Waals surface area contributed by atoms with Crippen LogP contribution in [0.2, 0.25) is 0 Å². The first-order valence-electron chi connectivity index (χ1n) is 8.06. The van der Waals surface area contributed by atoms with Gasteiger partial charge < -0.3 is 14.8 Å². The van der Waals surface area contributed by atoms with Gasteiger partial charge in [0.2, 0.25) is 0 Å². The average molecular weight is 321 g/mol. The van der Waals surface area contributed by atoms with E-state index in [0.717, 1.165) is 25.1 Å². The highest BCUT2D eigenvalue weighted by molar-refractivity contribution is 6.08. The van der Waals surface area contributed by atoms with Crippen molar-refractivity contribution in [3.05, 3.63) is 47.5 Å². The van der Waals surface area contributed by atoms with Gasteiger partial charge in [0.05, 0.1) is 11.2 Å². The van der Waals surface area contributed by atoms with Gasteiger partial charge in [0.25, 0.3) is 0 Å². The van der Waals surface area contributed by atoms with Crippen LogP contribution in [0.25, 0.3) is 21.8 Å². The fourth-order valence-corrected chi connectivity index (χ4v) is 3.33. The number of fused-ring (bicyclic) bond motifs is 3. The van der Waals surface area contributed by atoms with E-state index in [-0.39, 0.29) is 6.01 Å². The Hall–Kier alpha value is -2.89. The molecular formula is C18H19N5O. The van der Waals surface area contributed by atoms with Gasteiger partial charge in [-0.25, -0.2) is 0 Å². The maximum Gasteiger partial charge on any atom is 0.318 e. The number of benzene rings is 1. The second-order valence-corrected chi connectivity index (χ2v) is 6.12. The summed E-state index contributed by atoms with van der Waals surface area (Å²) in [5, 5.41) is 6.38. The molecule has 6 nitrogen and oxygen atoms in total. The maximum atomic E-state index is 5.48. The summed E-state index contributed by atoms with van der Waals surface area (Å²) in [5.74, 6) is 0.652. The van der Waals surface area contributed by atoms with Crippen molar-refractivity contribution in [2.24, 2.45) is 0 Å². The molecule has 0 saturated carbocycles. The van der Waals surface area contributed by atoms with E-state index in [1.807, 2.05) is 6.20 Å². The summed E-state index contributed by atoms with van der Waals surface area (Å²) in [6.45, 7) is 5.05. The molecule has 4 aromatic rings. The summed E-state index contributed by atoms with van der Waals surface area (Å²) in [7, 11) is 0. The lowest BCUT2D eigenvalue weighted by atomic mass is 10.1. The van der Waals surface area contributed by atoms with Crippen molar-refractivity contribution in [3.8, 4) is 0 Å². The first-order chi connectivity index (χ1) is 11.6. The molecule has 6 heteroatoms. The Labute approximate surface area is 139 Å². The van der Waals surface area contributed by atoms with Crippen LogP contribution < -0.4 is 5.73 Å². The van der Waals surface area contributed by atoms with Crippen LogP contribution in [0.1, 0.15) is 23.5 Å². The number of hydrogen-bond donors (Lipinski definition) is 1. The molecule has 3 heterocycles. The molecule has 4 rings (SSSR count). The van der Waals surface area contributed by atoms with Crippen molar-refractivity contribution in [1.82, 2.24) is 19.7 Å². The number of aromatic nitrogens is 4. The molecule has 1 aromatic carbocycles. The molecular weight excluding hydrogens is 302 g/mol. The second-order valence-electron chi connectivity index (χ2n) is 6.12. The highest BCUT2D eigenvalue weighted by Crippen LogP contribution is 2.31. The standard InChI is InChI=1S/C18H19N5O/c1-11-5-6-13-14-7-8-20-12(2)17(14)23(15(13)10-11)9-3-4-16-21-18(19)24-22-16/h5-8,10H,3-4,9H2,1-2H3,(H2,19,21,22). The van der Waals surface area contributed by atoms with E-state index < -0.39 is 0 Å². The van der Waals surface area contributed by atoms with Crippen LogP contribution in [0, 0.1) is 13.8 Å². The van der Waals surface area contributed by atoms with Crippen LogP contribution in [0.3, 0.4) is 0 Å². The minimum atomic E-state index is 0.123. The van der Waals surface area contributed by atoms with E-state index in [4.69, 9.17) is 10.3 Å². The summed E-state index contributed by atoms with van der Waals surface area (Å²) in [5.41, 5.74) is 10.2. The molecule has 0 amide bonds. The topological polar surface area (TPSA) is 82.8 Å². The van der Waals surface area contributed by atoms with Crippen LogP contribution in [-0.4, -0.2) is 19.7 Å². The first kappa shape index (κ1) is 14.7. The summed E-state index contributed by atoms with van der Waals surface area (Å²) >= 11 is 0. The van der Waals surface area contributed by atoms with Crippen LogP contribution in [0.15, 0.2) is 35.0 Å². The third-order valence-electron chi connectivity index (χ3n) is 4.38. The molecule has 24 heavy (non-hydrogen) atoms. The fraction of sp³-hybridized carbons (Fsp3) is 0.278. The first-order valence-corrected chi connectivity index (χ1v) is 8.06. The number of nitrogens with zero attached hydrogens (tertiary/aromatic N) is 4. The molecule has 0 fully saturated rings. The van der Waals surface area contributed by atoms with E-state index in [9.17, 15) is 0 Å². The van der Waals surface area contributed by atoms with Crippen molar-refractivity contribution >= 4 is 27.8 Å². The van der Waals surface area contributed by atoms with Crippen molar-refractivity contribution in [3.63, 3.8) is 0 Å². The van der Waals surface area contributed by atoms with Gasteiger partial charge in [-0.2, -0.15) is 4.98 Å². The lowest BCUT2D eigenvalue weighted by Crippen LogP contribution is -2.02. The molecule has 2 N–H and O–H groups in total. The smallest absolute Gasteiger partial charge is 0.318 e. The maximum absolute atomic E-state index is 5.48. The van der Waals surface area contributed by atoms with Crippen LogP contribution >= 0.6 is 0 Å². The lowest BCUT2D eigenvalue weighted by molar-refractivity contribution is 0.425. The Kier molecular flexibility index (Phi) is 3.45. The predicted molar refractivity (Wildman–Crippen MR) is 93.7 cm³/mol. The molecule has 0 spiro atoms. The van der Waals surface area contributed by atoms with Gasteiger partial charge in [-0.05, 0) is 38.0 Å². The van der Waals surface area contributed by atoms with Gasteiger partial charge in [-0.15, -0.1) is 0 Å². The third-order valence-corrected chi connectivity index (χ3v) is 4.38. The van der Waals surface area contributed by atoms with E-state index >= 15 is 0 Å². The number of nitrogens with two attached hydrogens (primary N) is 1. The van der Waals surface area contributed by atoms with Crippen LogP contribution in [0.5, 0.6) is 0 Å². The van der Waals surface area contributed by atoms with Gasteiger partial charge in [-0.3, -0.25) is 4.98 Å². The van der Waals surface area contributed by atoms with E-state index in [0.29, 0.717) is 5.82 Å². The van der Waals surface area contributed by atoms with Gasteiger partial charge in [0.1, 0.15) is 0 Å². The van der Waals surface area contributed by atoms with Crippen molar-refractivity contribution in [2.75, 3.05) is 5.73 Å². The molecule has 0 aliphatic rings. The molecule has 0 bridgehead atoms. The summed E-state index contributed by atoms with van der Waals surface area (Å²) in [4.78, 5) is 8.54. The highest BCUT2D eigenvalue weighted by Gasteiger charge is 2.13. The number of hydrogen-bond acceptors (Lipinski definition) is 5. The number of nitrogen functional groups attached to an aromatic ring is 1. The number of anilines is 1. The number of rotatable bonds is 4.